The zero-order valence-corrected chi connectivity index (χ0v) is 14.3. The van der Waals surface area contributed by atoms with E-state index < -0.39 is 0 Å². The Morgan fingerprint density at radius 3 is 2.38 bits per heavy atom. The van der Waals surface area contributed by atoms with Crippen molar-refractivity contribution in [2.24, 2.45) is 5.92 Å². The van der Waals surface area contributed by atoms with E-state index in [1.165, 1.54) is 25.6 Å². The normalized spacial score (nSPS) is 21.2. The van der Waals surface area contributed by atoms with Gasteiger partial charge in [-0.3, -0.25) is 10.2 Å². The second kappa shape index (κ2) is 8.32. The number of nitrogens with one attached hydrogen (secondary N) is 1. The number of hydrogen-bond acceptors (Lipinski definition) is 3. The van der Waals surface area contributed by atoms with E-state index in [0.717, 1.165) is 44.3 Å². The monoisotopic (exact) mass is 328 g/mol. The molecule has 1 aromatic rings. The maximum Gasteiger partial charge on any atom is 0.313 e. The quantitative estimate of drug-likeness (QED) is 0.505. The van der Waals surface area contributed by atoms with E-state index in [4.69, 9.17) is 10.1 Å². The van der Waals surface area contributed by atoms with E-state index in [-0.39, 0.29) is 18.0 Å². The number of nitrogens with zero attached hydrogens (tertiary/aromatic N) is 1. The van der Waals surface area contributed by atoms with E-state index >= 15 is 0 Å². The number of benzene rings is 1. The predicted molar refractivity (Wildman–Crippen MR) is 95.2 cm³/mol. The van der Waals surface area contributed by atoms with Crippen molar-refractivity contribution in [1.82, 2.24) is 4.90 Å². The third kappa shape index (κ3) is 4.16. The molecule has 0 radical (unpaired) electrons. The Morgan fingerprint density at radius 2 is 1.75 bits per heavy atom. The van der Waals surface area contributed by atoms with E-state index in [9.17, 15) is 4.79 Å². The van der Waals surface area contributed by atoms with Gasteiger partial charge in [0.25, 0.3) is 0 Å². The number of rotatable bonds is 5. The summed E-state index contributed by atoms with van der Waals surface area (Å²) in [6, 6.07) is 10.2. The van der Waals surface area contributed by atoms with Crippen molar-refractivity contribution in [1.29, 1.82) is 5.41 Å². The van der Waals surface area contributed by atoms with Crippen molar-refractivity contribution in [3.63, 3.8) is 0 Å². The van der Waals surface area contributed by atoms with Crippen LogP contribution < -0.4 is 0 Å². The van der Waals surface area contributed by atoms with Crippen LogP contribution in [-0.4, -0.2) is 36.4 Å². The van der Waals surface area contributed by atoms with Crippen LogP contribution in [0.4, 0.5) is 0 Å². The van der Waals surface area contributed by atoms with Crippen molar-refractivity contribution < 1.29 is 9.53 Å². The molecule has 1 saturated heterocycles. The van der Waals surface area contributed by atoms with Crippen LogP contribution in [0.3, 0.4) is 0 Å². The molecule has 2 fully saturated rings. The Bertz CT molecular complexity index is 532. The van der Waals surface area contributed by atoms with Gasteiger partial charge in [0.05, 0.1) is 12.3 Å². The second-order valence-corrected chi connectivity index (χ2v) is 7.09. The molecule has 1 atom stereocenters. The summed E-state index contributed by atoms with van der Waals surface area (Å²) in [5.74, 6) is 0.254. The van der Waals surface area contributed by atoms with Crippen molar-refractivity contribution in [3.8, 4) is 0 Å². The smallest absolute Gasteiger partial charge is 0.313 e. The number of esters is 1. The molecule has 130 valence electrons. The van der Waals surface area contributed by atoms with Crippen LogP contribution in [-0.2, 0) is 9.53 Å². The Labute approximate surface area is 144 Å². The van der Waals surface area contributed by atoms with E-state index in [1.54, 1.807) is 0 Å². The maximum atomic E-state index is 13.0. The number of hydrogen-bond donors (Lipinski definition) is 1. The highest BCUT2D eigenvalue weighted by atomic mass is 16.5. The van der Waals surface area contributed by atoms with Crippen LogP contribution in [0.25, 0.3) is 0 Å². The van der Waals surface area contributed by atoms with E-state index in [0.29, 0.717) is 5.92 Å². The highest BCUT2D eigenvalue weighted by Crippen LogP contribution is 2.37. The van der Waals surface area contributed by atoms with Gasteiger partial charge in [0.15, 0.2) is 0 Å². The number of likely N-dealkylation sites (tertiary alicyclic amines) is 1. The molecule has 1 aliphatic carbocycles. The van der Waals surface area contributed by atoms with Crippen LogP contribution >= 0.6 is 0 Å². The third-order valence-corrected chi connectivity index (χ3v) is 5.48. The predicted octanol–water partition coefficient (Wildman–Crippen LogP) is 3.97. The van der Waals surface area contributed by atoms with Crippen molar-refractivity contribution >= 4 is 12.3 Å². The molecule has 1 saturated carbocycles. The first-order chi connectivity index (χ1) is 11.8. The summed E-state index contributed by atoms with van der Waals surface area (Å²) in [6.45, 7) is 1.61. The molecule has 0 aromatic heterocycles. The fourth-order valence-electron chi connectivity index (χ4n) is 4.09. The zero-order valence-electron chi connectivity index (χ0n) is 14.3. The molecule has 2 aliphatic rings. The molecule has 0 amide bonds. The summed E-state index contributed by atoms with van der Waals surface area (Å²) in [4.78, 5) is 15.0. The zero-order chi connectivity index (χ0) is 16.8. The lowest BCUT2D eigenvalue weighted by Gasteiger charge is -2.33. The molecule has 0 bridgehead atoms. The average Bonchev–Trinajstić information content (AvgIpc) is 2.64. The third-order valence-electron chi connectivity index (χ3n) is 5.48. The summed E-state index contributed by atoms with van der Waals surface area (Å²) < 4.78 is 5.91. The van der Waals surface area contributed by atoms with Gasteiger partial charge in [0.2, 0.25) is 0 Å². The van der Waals surface area contributed by atoms with Crippen LogP contribution in [0.5, 0.6) is 0 Å². The van der Waals surface area contributed by atoms with E-state index in [2.05, 4.69) is 12.1 Å². The topological polar surface area (TPSA) is 53.4 Å². The molecule has 1 heterocycles. The first-order valence-corrected chi connectivity index (χ1v) is 9.28. The summed E-state index contributed by atoms with van der Waals surface area (Å²) in [6.07, 6.45) is 9.02. The summed E-state index contributed by atoms with van der Waals surface area (Å²) in [5, 5.41) is 7.31. The number of piperidine rings is 1. The Kier molecular flexibility index (Phi) is 5.89. The van der Waals surface area contributed by atoms with Crippen LogP contribution in [0, 0.1) is 11.3 Å². The largest absolute Gasteiger partial charge is 0.462 e. The lowest BCUT2D eigenvalue weighted by molar-refractivity contribution is -0.154. The molecule has 0 spiro atoms. The first kappa shape index (κ1) is 17.0. The van der Waals surface area contributed by atoms with Gasteiger partial charge in [-0.1, -0.05) is 49.6 Å². The molecule has 24 heavy (non-hydrogen) atoms. The van der Waals surface area contributed by atoms with Gasteiger partial charge in [0, 0.05) is 25.9 Å². The Morgan fingerprint density at radius 1 is 1.08 bits per heavy atom. The van der Waals surface area contributed by atoms with Crippen molar-refractivity contribution in [2.45, 2.75) is 57.0 Å². The SMILES string of the molecule is N=CN1CCC(OC(=O)C(c2ccccc2)C2CCCCC2)CC1. The molecule has 4 nitrogen and oxygen atoms in total. The summed E-state index contributed by atoms with van der Waals surface area (Å²) in [5.41, 5.74) is 1.10. The number of ether oxygens (including phenoxy) is 1. The summed E-state index contributed by atoms with van der Waals surface area (Å²) in [7, 11) is 0. The highest BCUT2D eigenvalue weighted by Gasteiger charge is 2.34. The van der Waals surface area contributed by atoms with Gasteiger partial charge < -0.3 is 9.64 Å². The Balaban J connectivity index is 1.68. The fraction of sp³-hybridized carbons (Fsp3) is 0.600. The Hall–Kier alpha value is -1.84. The molecule has 1 aromatic carbocycles. The van der Waals surface area contributed by atoms with Gasteiger partial charge in [-0.25, -0.2) is 0 Å². The average molecular weight is 328 g/mol. The fourth-order valence-corrected chi connectivity index (χ4v) is 4.09. The summed E-state index contributed by atoms with van der Waals surface area (Å²) >= 11 is 0. The standard InChI is InChI=1S/C20H28N2O2/c21-15-22-13-11-18(12-14-22)24-20(23)19(16-7-3-1-4-8-16)17-9-5-2-6-10-17/h1,3-4,7-8,15,17-19,21H,2,5-6,9-14H2. The first-order valence-electron chi connectivity index (χ1n) is 9.28. The molecule has 1 unspecified atom stereocenters. The minimum absolute atomic E-state index is 0.00324. The van der Waals surface area contributed by atoms with Crippen molar-refractivity contribution in [2.75, 3.05) is 13.1 Å². The number of carbonyl (C=O) groups excluding carboxylic acids is 1. The van der Waals surface area contributed by atoms with Gasteiger partial charge >= 0.3 is 5.97 Å². The molecule has 1 N–H and O–H groups in total. The molecule has 1 aliphatic heterocycles. The molecular formula is C20H28N2O2. The lowest BCUT2D eigenvalue weighted by Crippen LogP contribution is -2.38. The number of carbonyl (C=O) groups is 1. The lowest BCUT2D eigenvalue weighted by atomic mass is 9.77. The van der Waals surface area contributed by atoms with Gasteiger partial charge in [-0.2, -0.15) is 0 Å². The molecule has 4 heteroatoms. The van der Waals surface area contributed by atoms with Crippen molar-refractivity contribution in [3.05, 3.63) is 35.9 Å². The van der Waals surface area contributed by atoms with Gasteiger partial charge in [-0.15, -0.1) is 0 Å². The second-order valence-electron chi connectivity index (χ2n) is 7.09. The van der Waals surface area contributed by atoms with Crippen LogP contribution in [0.15, 0.2) is 30.3 Å². The minimum Gasteiger partial charge on any atom is -0.462 e. The maximum absolute atomic E-state index is 13.0. The van der Waals surface area contributed by atoms with E-state index in [1.807, 2.05) is 23.1 Å². The minimum atomic E-state index is -0.118. The van der Waals surface area contributed by atoms with Crippen LogP contribution in [0.1, 0.15) is 56.4 Å². The highest BCUT2D eigenvalue weighted by molar-refractivity contribution is 5.78. The van der Waals surface area contributed by atoms with Gasteiger partial charge in [0.1, 0.15) is 6.10 Å². The van der Waals surface area contributed by atoms with Crippen LogP contribution in [0.2, 0.25) is 0 Å². The van der Waals surface area contributed by atoms with Gasteiger partial charge in [-0.05, 0) is 24.3 Å². The molecular weight excluding hydrogens is 300 g/mol. The molecule has 3 rings (SSSR count).